The van der Waals surface area contributed by atoms with Gasteiger partial charge in [0, 0.05) is 11.8 Å². The number of aryl methyl sites for hydroxylation is 1. The molecule has 0 aliphatic rings. The molecule has 0 aromatic carbocycles. The lowest BCUT2D eigenvalue weighted by Gasteiger charge is -2.04. The molecule has 2 N–H and O–H groups in total. The average Bonchev–Trinajstić information content (AvgIpc) is 2.19. The Morgan fingerprint density at radius 1 is 1.46 bits per heavy atom. The van der Waals surface area contributed by atoms with Crippen molar-refractivity contribution in [3.63, 3.8) is 0 Å². The minimum atomic E-state index is 0.622. The monoisotopic (exact) mass is 181 g/mol. The van der Waals surface area contributed by atoms with Gasteiger partial charge in [-0.15, -0.1) is 0 Å². The van der Waals surface area contributed by atoms with Gasteiger partial charge in [0.1, 0.15) is 6.33 Å². The molecule has 0 fully saturated rings. The Morgan fingerprint density at radius 3 is 3.00 bits per heavy atom. The van der Waals surface area contributed by atoms with Crippen LogP contribution in [-0.2, 0) is 6.42 Å². The van der Waals surface area contributed by atoms with Crippen LogP contribution in [0.2, 0.25) is 0 Å². The van der Waals surface area contributed by atoms with Crippen molar-refractivity contribution in [3.8, 4) is 5.88 Å². The maximum absolute atomic E-state index is 5.36. The molecule has 0 unspecified atom stereocenters. The third kappa shape index (κ3) is 3.38. The first-order valence-electron chi connectivity index (χ1n) is 4.50. The largest absolute Gasteiger partial charge is 0.478 e. The van der Waals surface area contributed by atoms with Crippen LogP contribution in [0.5, 0.6) is 5.88 Å². The summed E-state index contributed by atoms with van der Waals surface area (Å²) in [7, 11) is 0. The van der Waals surface area contributed by atoms with E-state index in [2.05, 4.69) is 9.97 Å². The summed E-state index contributed by atoms with van der Waals surface area (Å²) < 4.78 is 5.36. The van der Waals surface area contributed by atoms with Crippen molar-refractivity contribution >= 4 is 0 Å². The van der Waals surface area contributed by atoms with Crippen LogP contribution in [0.3, 0.4) is 0 Å². The Hall–Kier alpha value is -1.16. The highest BCUT2D eigenvalue weighted by atomic mass is 16.5. The molecular formula is C9H15N3O. The molecule has 0 aliphatic carbocycles. The first kappa shape index (κ1) is 9.92. The van der Waals surface area contributed by atoms with E-state index in [9.17, 15) is 0 Å². The van der Waals surface area contributed by atoms with E-state index in [0.29, 0.717) is 19.0 Å². The van der Waals surface area contributed by atoms with Crippen molar-refractivity contribution in [2.24, 2.45) is 5.73 Å². The molecule has 4 nitrogen and oxygen atoms in total. The van der Waals surface area contributed by atoms with Gasteiger partial charge in [-0.25, -0.2) is 9.97 Å². The molecule has 13 heavy (non-hydrogen) atoms. The molecule has 0 aliphatic heterocycles. The van der Waals surface area contributed by atoms with Gasteiger partial charge >= 0.3 is 0 Å². The second-order valence-corrected chi connectivity index (χ2v) is 2.69. The van der Waals surface area contributed by atoms with E-state index in [1.54, 1.807) is 0 Å². The van der Waals surface area contributed by atoms with Crippen molar-refractivity contribution in [2.45, 2.75) is 19.8 Å². The molecule has 4 heteroatoms. The van der Waals surface area contributed by atoms with Gasteiger partial charge in [0.2, 0.25) is 5.88 Å². The molecule has 1 heterocycles. The van der Waals surface area contributed by atoms with Crippen LogP contribution >= 0.6 is 0 Å². The standard InChI is InChI=1S/C9H15N3O/c1-2-8-6-9(12-7-11-8)13-5-3-4-10/h6-7H,2-5,10H2,1H3. The number of rotatable bonds is 5. The minimum absolute atomic E-state index is 0.622. The Kier molecular flexibility index (Phi) is 4.18. The van der Waals surface area contributed by atoms with E-state index >= 15 is 0 Å². The van der Waals surface area contributed by atoms with E-state index in [0.717, 1.165) is 18.5 Å². The summed E-state index contributed by atoms with van der Waals surface area (Å²) >= 11 is 0. The number of aromatic nitrogens is 2. The molecule has 0 saturated heterocycles. The lowest BCUT2D eigenvalue weighted by Crippen LogP contribution is -2.07. The van der Waals surface area contributed by atoms with Crippen LogP contribution in [0.25, 0.3) is 0 Å². The molecule has 0 amide bonds. The maximum atomic E-state index is 5.36. The Morgan fingerprint density at radius 2 is 2.31 bits per heavy atom. The summed E-state index contributed by atoms with van der Waals surface area (Å²) in [5.74, 6) is 0.639. The van der Waals surface area contributed by atoms with E-state index in [1.807, 2.05) is 13.0 Å². The molecule has 0 radical (unpaired) electrons. The Bertz CT molecular complexity index is 252. The second-order valence-electron chi connectivity index (χ2n) is 2.69. The molecule has 72 valence electrons. The summed E-state index contributed by atoms with van der Waals surface area (Å²) in [5, 5.41) is 0. The van der Waals surface area contributed by atoms with Crippen LogP contribution < -0.4 is 10.5 Å². The molecular weight excluding hydrogens is 166 g/mol. The molecule has 1 aromatic rings. The van der Waals surface area contributed by atoms with Gasteiger partial charge in [0.25, 0.3) is 0 Å². The van der Waals surface area contributed by atoms with Crippen molar-refractivity contribution < 1.29 is 4.74 Å². The fraction of sp³-hybridized carbons (Fsp3) is 0.556. The van der Waals surface area contributed by atoms with Gasteiger partial charge in [0.05, 0.1) is 6.61 Å². The van der Waals surface area contributed by atoms with Gasteiger partial charge in [0.15, 0.2) is 0 Å². The number of hydrogen-bond donors (Lipinski definition) is 1. The predicted molar refractivity (Wildman–Crippen MR) is 50.6 cm³/mol. The van der Waals surface area contributed by atoms with Crippen LogP contribution in [0.15, 0.2) is 12.4 Å². The minimum Gasteiger partial charge on any atom is -0.478 e. The molecule has 0 bridgehead atoms. The van der Waals surface area contributed by atoms with E-state index in [1.165, 1.54) is 6.33 Å². The average molecular weight is 181 g/mol. The fourth-order valence-corrected chi connectivity index (χ4v) is 0.909. The molecule has 1 aromatic heterocycles. The van der Waals surface area contributed by atoms with Crippen molar-refractivity contribution in [3.05, 3.63) is 18.1 Å². The first-order valence-corrected chi connectivity index (χ1v) is 4.50. The maximum Gasteiger partial charge on any atom is 0.216 e. The zero-order valence-electron chi connectivity index (χ0n) is 7.86. The van der Waals surface area contributed by atoms with Crippen LogP contribution in [-0.4, -0.2) is 23.1 Å². The van der Waals surface area contributed by atoms with Gasteiger partial charge < -0.3 is 10.5 Å². The van der Waals surface area contributed by atoms with Crippen molar-refractivity contribution in [1.82, 2.24) is 9.97 Å². The fourth-order valence-electron chi connectivity index (χ4n) is 0.909. The van der Waals surface area contributed by atoms with Crippen molar-refractivity contribution in [2.75, 3.05) is 13.2 Å². The van der Waals surface area contributed by atoms with Gasteiger partial charge in [-0.1, -0.05) is 6.92 Å². The normalized spacial score (nSPS) is 10.0. The SMILES string of the molecule is CCc1cc(OCCCN)ncn1. The second kappa shape index (κ2) is 5.48. The van der Waals surface area contributed by atoms with Gasteiger partial charge in [-0.05, 0) is 19.4 Å². The summed E-state index contributed by atoms with van der Waals surface area (Å²) in [6, 6.07) is 1.86. The highest BCUT2D eigenvalue weighted by molar-refractivity contribution is 5.13. The van der Waals surface area contributed by atoms with Gasteiger partial charge in [-0.3, -0.25) is 0 Å². The smallest absolute Gasteiger partial charge is 0.216 e. The lowest BCUT2D eigenvalue weighted by atomic mass is 10.3. The first-order chi connectivity index (χ1) is 6.36. The zero-order valence-corrected chi connectivity index (χ0v) is 7.86. The van der Waals surface area contributed by atoms with Gasteiger partial charge in [-0.2, -0.15) is 0 Å². The van der Waals surface area contributed by atoms with Crippen LogP contribution in [0.4, 0.5) is 0 Å². The number of hydrogen-bond acceptors (Lipinski definition) is 4. The number of ether oxygens (including phenoxy) is 1. The Labute approximate surface area is 78.1 Å². The van der Waals surface area contributed by atoms with E-state index in [4.69, 9.17) is 10.5 Å². The quantitative estimate of drug-likeness (QED) is 0.681. The van der Waals surface area contributed by atoms with Crippen LogP contribution in [0, 0.1) is 0 Å². The van der Waals surface area contributed by atoms with Crippen molar-refractivity contribution in [1.29, 1.82) is 0 Å². The Balaban J connectivity index is 2.46. The molecule has 0 atom stereocenters. The third-order valence-corrected chi connectivity index (χ3v) is 1.66. The zero-order chi connectivity index (χ0) is 9.52. The lowest BCUT2D eigenvalue weighted by molar-refractivity contribution is 0.300. The topological polar surface area (TPSA) is 61.0 Å². The summed E-state index contributed by atoms with van der Waals surface area (Å²) in [4.78, 5) is 8.06. The summed E-state index contributed by atoms with van der Waals surface area (Å²) in [5.41, 5.74) is 6.33. The number of nitrogens with two attached hydrogens (primary N) is 1. The molecule has 0 spiro atoms. The molecule has 1 rings (SSSR count). The number of nitrogens with zero attached hydrogens (tertiary/aromatic N) is 2. The van der Waals surface area contributed by atoms with Crippen LogP contribution in [0.1, 0.15) is 19.0 Å². The third-order valence-electron chi connectivity index (χ3n) is 1.66. The highest BCUT2D eigenvalue weighted by Crippen LogP contribution is 2.06. The van der Waals surface area contributed by atoms with E-state index < -0.39 is 0 Å². The predicted octanol–water partition coefficient (Wildman–Crippen LogP) is 0.767. The van der Waals surface area contributed by atoms with E-state index in [-0.39, 0.29) is 0 Å². The summed E-state index contributed by atoms with van der Waals surface area (Å²) in [6.07, 6.45) is 3.28. The molecule has 0 saturated carbocycles. The highest BCUT2D eigenvalue weighted by Gasteiger charge is 1.96. The summed E-state index contributed by atoms with van der Waals surface area (Å²) in [6.45, 7) is 3.31.